The molecule has 3 nitrogen and oxygen atoms in total. The maximum atomic E-state index is 9.63. The van der Waals surface area contributed by atoms with Crippen molar-refractivity contribution in [3.05, 3.63) is 29.6 Å². The summed E-state index contributed by atoms with van der Waals surface area (Å²) in [5.41, 5.74) is 2.22. The normalized spacial score (nSPS) is 25.7. The number of nitrogens with one attached hydrogen (secondary N) is 1. The molecule has 0 unspecified atom stereocenters. The SMILES string of the molecule is Cc1ccc(CN[C@@H]2CCC[C@H]2O)cn1. The fourth-order valence-electron chi connectivity index (χ4n) is 2.03. The maximum Gasteiger partial charge on any atom is 0.0693 e. The Hall–Kier alpha value is -0.930. The van der Waals surface area contributed by atoms with Gasteiger partial charge in [0.25, 0.3) is 0 Å². The predicted molar refractivity (Wildman–Crippen MR) is 59.5 cm³/mol. The first-order chi connectivity index (χ1) is 7.25. The minimum atomic E-state index is -0.164. The smallest absolute Gasteiger partial charge is 0.0693 e. The van der Waals surface area contributed by atoms with Gasteiger partial charge in [-0.05, 0) is 37.8 Å². The first-order valence-corrected chi connectivity index (χ1v) is 5.58. The molecule has 2 atom stereocenters. The average Bonchev–Trinajstić information content (AvgIpc) is 2.63. The van der Waals surface area contributed by atoms with Crippen molar-refractivity contribution in [1.82, 2.24) is 10.3 Å². The Morgan fingerprint density at radius 1 is 1.47 bits per heavy atom. The van der Waals surface area contributed by atoms with Gasteiger partial charge in [0.2, 0.25) is 0 Å². The van der Waals surface area contributed by atoms with Crippen LogP contribution in [0.15, 0.2) is 18.3 Å². The fraction of sp³-hybridized carbons (Fsp3) is 0.583. The number of nitrogens with zero attached hydrogens (tertiary/aromatic N) is 1. The van der Waals surface area contributed by atoms with E-state index in [2.05, 4.69) is 16.4 Å². The van der Waals surface area contributed by atoms with Crippen LogP contribution in [0.1, 0.15) is 30.5 Å². The number of aliphatic hydroxyl groups excluding tert-OH is 1. The third-order valence-corrected chi connectivity index (χ3v) is 3.02. The Bertz CT molecular complexity index is 310. The second-order valence-corrected chi connectivity index (χ2v) is 4.29. The van der Waals surface area contributed by atoms with Crippen LogP contribution in [0, 0.1) is 6.92 Å². The van der Waals surface area contributed by atoms with Crippen molar-refractivity contribution in [2.24, 2.45) is 0 Å². The maximum absolute atomic E-state index is 9.63. The number of hydrogen-bond acceptors (Lipinski definition) is 3. The molecule has 0 aromatic carbocycles. The predicted octanol–water partition coefficient (Wildman–Crippen LogP) is 1.39. The van der Waals surface area contributed by atoms with E-state index in [4.69, 9.17) is 0 Å². The van der Waals surface area contributed by atoms with Gasteiger partial charge < -0.3 is 10.4 Å². The zero-order valence-corrected chi connectivity index (χ0v) is 9.11. The van der Waals surface area contributed by atoms with Crippen molar-refractivity contribution in [3.63, 3.8) is 0 Å². The van der Waals surface area contributed by atoms with Crippen molar-refractivity contribution in [1.29, 1.82) is 0 Å². The summed E-state index contributed by atoms with van der Waals surface area (Å²) >= 11 is 0. The van der Waals surface area contributed by atoms with E-state index >= 15 is 0 Å². The molecule has 1 fully saturated rings. The van der Waals surface area contributed by atoms with E-state index in [9.17, 15) is 5.11 Å². The van der Waals surface area contributed by atoms with Gasteiger partial charge in [0.15, 0.2) is 0 Å². The molecular formula is C12H18N2O. The standard InChI is InChI=1S/C12H18N2O/c1-9-5-6-10(7-13-9)8-14-11-3-2-4-12(11)15/h5-7,11-12,14-15H,2-4,8H2,1H3/t11-,12-/m1/s1. The van der Waals surface area contributed by atoms with Crippen molar-refractivity contribution in [2.45, 2.75) is 44.9 Å². The number of hydrogen-bond donors (Lipinski definition) is 2. The lowest BCUT2D eigenvalue weighted by molar-refractivity contribution is 0.148. The largest absolute Gasteiger partial charge is 0.392 e. The molecule has 0 saturated heterocycles. The number of aliphatic hydroxyl groups is 1. The quantitative estimate of drug-likeness (QED) is 0.785. The highest BCUT2D eigenvalue weighted by molar-refractivity contribution is 5.13. The summed E-state index contributed by atoms with van der Waals surface area (Å²) in [6.45, 7) is 2.78. The third kappa shape index (κ3) is 2.76. The molecule has 0 radical (unpaired) electrons. The van der Waals surface area contributed by atoms with Gasteiger partial charge in [0.1, 0.15) is 0 Å². The molecule has 1 saturated carbocycles. The summed E-state index contributed by atoms with van der Waals surface area (Å²) in [6, 6.07) is 4.37. The van der Waals surface area contributed by atoms with E-state index in [0.29, 0.717) is 0 Å². The lowest BCUT2D eigenvalue weighted by Gasteiger charge is -2.16. The van der Waals surface area contributed by atoms with Crippen molar-refractivity contribution < 1.29 is 5.11 Å². The Kier molecular flexibility index (Phi) is 3.34. The topological polar surface area (TPSA) is 45.1 Å². The lowest BCUT2D eigenvalue weighted by Crippen LogP contribution is -2.35. The summed E-state index contributed by atoms with van der Waals surface area (Å²) in [4.78, 5) is 4.24. The highest BCUT2D eigenvalue weighted by Gasteiger charge is 2.24. The van der Waals surface area contributed by atoms with Crippen molar-refractivity contribution >= 4 is 0 Å². The number of aromatic nitrogens is 1. The van der Waals surface area contributed by atoms with Crippen LogP contribution in [-0.4, -0.2) is 22.2 Å². The van der Waals surface area contributed by atoms with Crippen molar-refractivity contribution in [3.8, 4) is 0 Å². The fourth-order valence-corrected chi connectivity index (χ4v) is 2.03. The molecule has 1 aliphatic rings. The van der Waals surface area contributed by atoms with E-state index < -0.39 is 0 Å². The van der Waals surface area contributed by atoms with Gasteiger partial charge in [-0.1, -0.05) is 6.07 Å². The minimum Gasteiger partial charge on any atom is -0.392 e. The van der Waals surface area contributed by atoms with Gasteiger partial charge in [-0.25, -0.2) is 0 Å². The summed E-state index contributed by atoms with van der Waals surface area (Å²) in [6.07, 6.45) is 4.88. The van der Waals surface area contributed by atoms with E-state index in [-0.39, 0.29) is 12.1 Å². The zero-order valence-electron chi connectivity index (χ0n) is 9.11. The summed E-state index contributed by atoms with van der Waals surface area (Å²) in [7, 11) is 0. The third-order valence-electron chi connectivity index (χ3n) is 3.02. The van der Waals surface area contributed by atoms with Gasteiger partial charge in [0, 0.05) is 24.5 Å². The molecule has 82 valence electrons. The Labute approximate surface area is 90.5 Å². The van der Waals surface area contributed by atoms with Gasteiger partial charge in [-0.15, -0.1) is 0 Å². The summed E-state index contributed by atoms with van der Waals surface area (Å²) < 4.78 is 0. The van der Waals surface area contributed by atoms with E-state index in [1.165, 1.54) is 5.56 Å². The highest BCUT2D eigenvalue weighted by Crippen LogP contribution is 2.19. The van der Waals surface area contributed by atoms with E-state index in [1.54, 1.807) is 0 Å². The van der Waals surface area contributed by atoms with Crippen LogP contribution in [0.25, 0.3) is 0 Å². The molecule has 1 aromatic rings. The number of rotatable bonds is 3. The molecule has 0 bridgehead atoms. The van der Waals surface area contributed by atoms with Crippen LogP contribution in [0.5, 0.6) is 0 Å². The molecule has 0 amide bonds. The molecule has 1 heterocycles. The molecule has 1 aliphatic carbocycles. The average molecular weight is 206 g/mol. The highest BCUT2D eigenvalue weighted by atomic mass is 16.3. The molecule has 2 rings (SSSR count). The number of aryl methyl sites for hydroxylation is 1. The van der Waals surface area contributed by atoms with Gasteiger partial charge in [0.05, 0.1) is 6.10 Å². The van der Waals surface area contributed by atoms with E-state index in [0.717, 1.165) is 31.5 Å². The van der Waals surface area contributed by atoms with Crippen molar-refractivity contribution in [2.75, 3.05) is 0 Å². The molecule has 3 heteroatoms. The number of pyridine rings is 1. The monoisotopic (exact) mass is 206 g/mol. The molecule has 1 aromatic heterocycles. The minimum absolute atomic E-state index is 0.164. The van der Waals surface area contributed by atoms with Crippen LogP contribution >= 0.6 is 0 Å². The second kappa shape index (κ2) is 4.73. The van der Waals surface area contributed by atoms with E-state index in [1.807, 2.05) is 19.2 Å². The van der Waals surface area contributed by atoms with Gasteiger partial charge in [-0.2, -0.15) is 0 Å². The Morgan fingerprint density at radius 3 is 2.93 bits per heavy atom. The molecule has 0 aliphatic heterocycles. The van der Waals surface area contributed by atoms with Crippen LogP contribution < -0.4 is 5.32 Å². The summed E-state index contributed by atoms with van der Waals surface area (Å²) in [5.74, 6) is 0. The van der Waals surface area contributed by atoms with Crippen LogP contribution in [-0.2, 0) is 6.54 Å². The molecular weight excluding hydrogens is 188 g/mol. The van der Waals surface area contributed by atoms with Gasteiger partial charge >= 0.3 is 0 Å². The Morgan fingerprint density at radius 2 is 2.33 bits per heavy atom. The first kappa shape index (κ1) is 10.6. The van der Waals surface area contributed by atoms with Crippen LogP contribution in [0.3, 0.4) is 0 Å². The Balaban J connectivity index is 1.85. The van der Waals surface area contributed by atoms with Crippen LogP contribution in [0.4, 0.5) is 0 Å². The van der Waals surface area contributed by atoms with Crippen LogP contribution in [0.2, 0.25) is 0 Å². The first-order valence-electron chi connectivity index (χ1n) is 5.58. The van der Waals surface area contributed by atoms with Gasteiger partial charge in [-0.3, -0.25) is 4.98 Å². The molecule has 0 spiro atoms. The molecule has 15 heavy (non-hydrogen) atoms. The molecule has 2 N–H and O–H groups in total. The second-order valence-electron chi connectivity index (χ2n) is 4.29. The zero-order chi connectivity index (χ0) is 10.7. The summed E-state index contributed by atoms with van der Waals surface area (Å²) in [5, 5.41) is 13.0. The lowest BCUT2D eigenvalue weighted by atomic mass is 10.2.